The van der Waals surface area contributed by atoms with Gasteiger partial charge in [0.15, 0.2) is 0 Å². The lowest BCUT2D eigenvalue weighted by atomic mass is 10.3. The highest BCUT2D eigenvalue weighted by Crippen LogP contribution is 2.28. The Morgan fingerprint density at radius 2 is 2.19 bits per heavy atom. The minimum Gasteiger partial charge on any atom is -0.309 e. The summed E-state index contributed by atoms with van der Waals surface area (Å²) in [6, 6.07) is 7.45. The first-order valence-corrected chi connectivity index (χ1v) is 9.11. The van der Waals surface area contributed by atoms with Crippen LogP contribution in [0.15, 0.2) is 34.7 Å². The molecule has 0 radical (unpaired) electrons. The molecule has 5 nitrogen and oxygen atoms in total. The summed E-state index contributed by atoms with van der Waals surface area (Å²) in [5.41, 5.74) is 1.01. The van der Waals surface area contributed by atoms with E-state index in [-0.39, 0.29) is 0 Å². The van der Waals surface area contributed by atoms with Gasteiger partial charge in [0.1, 0.15) is 10.0 Å². The molecule has 0 unspecified atom stereocenters. The molecule has 0 atom stereocenters. The molecule has 7 heteroatoms. The fraction of sp³-hybridized carbons (Fsp3) is 0.357. The molecule has 0 amide bonds. The van der Waals surface area contributed by atoms with Crippen molar-refractivity contribution in [2.24, 2.45) is 0 Å². The van der Waals surface area contributed by atoms with Gasteiger partial charge in [-0.2, -0.15) is 0 Å². The number of aryl methyl sites for hydroxylation is 1. The summed E-state index contributed by atoms with van der Waals surface area (Å²) < 4.78 is 27.5. The highest BCUT2D eigenvalue weighted by Gasteiger charge is 2.23. The number of thiophene rings is 1. The lowest BCUT2D eigenvalue weighted by molar-refractivity contribution is 0.603. The van der Waals surface area contributed by atoms with E-state index >= 15 is 0 Å². The lowest BCUT2D eigenvalue weighted by Gasteiger charge is -2.04. The van der Waals surface area contributed by atoms with Crippen molar-refractivity contribution in [1.29, 1.82) is 0 Å². The van der Waals surface area contributed by atoms with Crippen LogP contribution in [0.1, 0.15) is 23.3 Å². The molecule has 21 heavy (non-hydrogen) atoms. The average Bonchev–Trinajstić information content (AvgIpc) is 3.20. The van der Waals surface area contributed by atoms with Gasteiger partial charge in [0.25, 0.3) is 10.0 Å². The first kappa shape index (κ1) is 14.5. The Balaban J connectivity index is 1.76. The highest BCUT2D eigenvalue weighted by atomic mass is 32.2. The standard InChI is InChI=1S/C14H17N3O2S2/c1-10-8-14(20-12(10)9-16-11-5-6-11)21(18,19)17-13-4-2-3-7-15-13/h2-4,7-8,11,16H,5-6,9H2,1H3,(H,15,17). The molecule has 0 aromatic carbocycles. The fourth-order valence-corrected chi connectivity index (χ4v) is 4.48. The van der Waals surface area contributed by atoms with Crippen LogP contribution in [0, 0.1) is 6.92 Å². The third kappa shape index (κ3) is 3.61. The van der Waals surface area contributed by atoms with E-state index in [0.29, 0.717) is 16.1 Å². The van der Waals surface area contributed by atoms with Crippen LogP contribution in [0.3, 0.4) is 0 Å². The number of pyridine rings is 1. The number of rotatable bonds is 6. The normalized spacial score (nSPS) is 15.1. The molecule has 0 spiro atoms. The summed E-state index contributed by atoms with van der Waals surface area (Å²) in [7, 11) is -3.56. The van der Waals surface area contributed by atoms with Crippen LogP contribution in [0.25, 0.3) is 0 Å². The molecule has 0 bridgehead atoms. The molecule has 1 fully saturated rings. The zero-order valence-electron chi connectivity index (χ0n) is 11.7. The summed E-state index contributed by atoms with van der Waals surface area (Å²) in [5.74, 6) is 0.334. The predicted molar refractivity (Wildman–Crippen MR) is 84.0 cm³/mol. The molecular weight excluding hydrogens is 306 g/mol. The molecule has 1 saturated carbocycles. The first-order valence-electron chi connectivity index (χ1n) is 6.81. The number of hydrogen-bond donors (Lipinski definition) is 2. The van der Waals surface area contributed by atoms with Crippen molar-refractivity contribution >= 4 is 27.2 Å². The van der Waals surface area contributed by atoms with Gasteiger partial charge in [0.2, 0.25) is 0 Å². The monoisotopic (exact) mass is 323 g/mol. The van der Waals surface area contributed by atoms with Gasteiger partial charge in [-0.3, -0.25) is 4.72 Å². The van der Waals surface area contributed by atoms with Gasteiger partial charge in [-0.1, -0.05) is 6.07 Å². The van der Waals surface area contributed by atoms with Gasteiger partial charge in [-0.15, -0.1) is 11.3 Å². The van der Waals surface area contributed by atoms with E-state index in [2.05, 4.69) is 15.0 Å². The Hall–Kier alpha value is -1.44. The molecule has 2 N–H and O–H groups in total. The van der Waals surface area contributed by atoms with E-state index in [4.69, 9.17) is 0 Å². The fourth-order valence-electron chi connectivity index (χ4n) is 1.93. The summed E-state index contributed by atoms with van der Waals surface area (Å²) in [6.45, 7) is 2.68. The zero-order chi connectivity index (χ0) is 14.9. The van der Waals surface area contributed by atoms with Crippen molar-refractivity contribution in [3.05, 3.63) is 40.9 Å². The highest BCUT2D eigenvalue weighted by molar-refractivity contribution is 7.94. The Bertz CT molecular complexity index is 722. The van der Waals surface area contributed by atoms with E-state index in [1.807, 2.05) is 6.92 Å². The topological polar surface area (TPSA) is 71.1 Å². The number of aromatic nitrogens is 1. The molecule has 1 aliphatic carbocycles. The molecule has 2 aromatic heterocycles. The zero-order valence-corrected chi connectivity index (χ0v) is 13.3. The van der Waals surface area contributed by atoms with Crippen molar-refractivity contribution in [3.8, 4) is 0 Å². The van der Waals surface area contributed by atoms with Crippen molar-refractivity contribution in [3.63, 3.8) is 0 Å². The molecular formula is C14H17N3O2S2. The van der Waals surface area contributed by atoms with E-state index in [0.717, 1.165) is 17.0 Å². The first-order chi connectivity index (χ1) is 10.0. The van der Waals surface area contributed by atoms with Crippen LogP contribution in [0.2, 0.25) is 0 Å². The van der Waals surface area contributed by atoms with Gasteiger partial charge in [-0.05, 0) is 43.5 Å². The maximum absolute atomic E-state index is 12.4. The molecule has 0 saturated heterocycles. The van der Waals surface area contributed by atoms with Crippen LogP contribution in [0.5, 0.6) is 0 Å². The maximum Gasteiger partial charge on any atom is 0.272 e. The van der Waals surface area contributed by atoms with Crippen molar-refractivity contribution < 1.29 is 8.42 Å². The third-order valence-electron chi connectivity index (χ3n) is 3.30. The molecule has 1 aliphatic rings. The number of nitrogens with one attached hydrogen (secondary N) is 2. The van der Waals surface area contributed by atoms with Crippen molar-refractivity contribution in [2.45, 2.75) is 36.6 Å². The van der Waals surface area contributed by atoms with Crippen molar-refractivity contribution in [1.82, 2.24) is 10.3 Å². The van der Waals surface area contributed by atoms with Crippen LogP contribution in [0.4, 0.5) is 5.82 Å². The molecule has 2 heterocycles. The van der Waals surface area contributed by atoms with Crippen LogP contribution in [-0.4, -0.2) is 19.4 Å². The summed E-state index contributed by atoms with van der Waals surface area (Å²) in [4.78, 5) is 5.06. The largest absolute Gasteiger partial charge is 0.309 e. The summed E-state index contributed by atoms with van der Waals surface area (Å²) in [5, 5.41) is 3.41. The van der Waals surface area contributed by atoms with Gasteiger partial charge >= 0.3 is 0 Å². The number of sulfonamides is 1. The second-order valence-electron chi connectivity index (χ2n) is 5.15. The summed E-state index contributed by atoms with van der Waals surface area (Å²) >= 11 is 1.31. The van der Waals surface area contributed by atoms with Crippen molar-refractivity contribution in [2.75, 3.05) is 4.72 Å². The Morgan fingerprint density at radius 3 is 2.86 bits per heavy atom. The van der Waals surface area contributed by atoms with E-state index in [9.17, 15) is 8.42 Å². The van der Waals surface area contributed by atoms with E-state index < -0.39 is 10.0 Å². The third-order valence-corrected chi connectivity index (χ3v) is 6.36. The Morgan fingerprint density at radius 1 is 1.38 bits per heavy atom. The minimum absolute atomic E-state index is 0.332. The molecule has 0 aliphatic heterocycles. The maximum atomic E-state index is 12.4. The minimum atomic E-state index is -3.56. The number of anilines is 1. The number of hydrogen-bond acceptors (Lipinski definition) is 5. The number of nitrogens with zero attached hydrogens (tertiary/aromatic N) is 1. The molecule has 2 aromatic rings. The van der Waals surface area contributed by atoms with Gasteiger partial charge in [0, 0.05) is 23.7 Å². The van der Waals surface area contributed by atoms with Gasteiger partial charge < -0.3 is 5.32 Å². The SMILES string of the molecule is Cc1cc(S(=O)(=O)Nc2ccccn2)sc1CNC1CC1. The lowest BCUT2D eigenvalue weighted by Crippen LogP contribution is -2.14. The second kappa shape index (κ2) is 5.75. The quantitative estimate of drug-likeness (QED) is 0.857. The van der Waals surface area contributed by atoms with Gasteiger partial charge in [0.05, 0.1) is 0 Å². The molecule has 112 valence electrons. The van der Waals surface area contributed by atoms with Crippen LogP contribution in [-0.2, 0) is 16.6 Å². The average molecular weight is 323 g/mol. The van der Waals surface area contributed by atoms with Crippen LogP contribution >= 0.6 is 11.3 Å². The van der Waals surface area contributed by atoms with E-state index in [1.165, 1.54) is 24.2 Å². The van der Waals surface area contributed by atoms with Gasteiger partial charge in [-0.25, -0.2) is 13.4 Å². The predicted octanol–water partition coefficient (Wildman–Crippen LogP) is 2.50. The summed E-state index contributed by atoms with van der Waals surface area (Å²) in [6.07, 6.45) is 4.00. The smallest absolute Gasteiger partial charge is 0.272 e. The molecule has 3 rings (SSSR count). The van der Waals surface area contributed by atoms with Crippen LogP contribution < -0.4 is 10.0 Å². The Labute approximate surface area is 128 Å². The second-order valence-corrected chi connectivity index (χ2v) is 8.19. The Kier molecular flexibility index (Phi) is 3.97. The van der Waals surface area contributed by atoms with E-state index in [1.54, 1.807) is 30.5 Å².